The van der Waals surface area contributed by atoms with Gasteiger partial charge in [-0.25, -0.2) is 0 Å². The number of benzene rings is 1. The number of nitrogens with one attached hydrogen (secondary N) is 1. The lowest BCUT2D eigenvalue weighted by Crippen LogP contribution is -2.08. The molecular weight excluding hydrogens is 216 g/mol. The van der Waals surface area contributed by atoms with Gasteiger partial charge in [-0.05, 0) is 31.4 Å². The summed E-state index contributed by atoms with van der Waals surface area (Å²) in [5, 5.41) is 4.53. The lowest BCUT2D eigenvalue weighted by Gasteiger charge is -2.11. The molecule has 0 unspecified atom stereocenters. The number of hydrogen-bond acceptors (Lipinski definition) is 3. The summed E-state index contributed by atoms with van der Waals surface area (Å²) in [6, 6.07) is 6.85. The van der Waals surface area contributed by atoms with Crippen LogP contribution in [0.15, 0.2) is 23.2 Å². The molecule has 16 heavy (non-hydrogen) atoms. The fourth-order valence-corrected chi connectivity index (χ4v) is 2.87. The molecule has 1 aliphatic heterocycles. The molecule has 3 heteroatoms. The van der Waals surface area contributed by atoms with Gasteiger partial charge in [0, 0.05) is 11.4 Å². The van der Waals surface area contributed by atoms with E-state index in [9.17, 15) is 0 Å². The fraction of sp³-hybridized carbons (Fsp3) is 0.462. The topological polar surface area (TPSA) is 24.4 Å². The van der Waals surface area contributed by atoms with E-state index in [-0.39, 0.29) is 0 Å². The van der Waals surface area contributed by atoms with Gasteiger partial charge in [-0.15, -0.1) is 0 Å². The van der Waals surface area contributed by atoms with Gasteiger partial charge in [-0.3, -0.25) is 4.99 Å². The average molecular weight is 234 g/mol. The molecule has 0 aliphatic carbocycles. The molecule has 0 spiro atoms. The van der Waals surface area contributed by atoms with Crippen molar-refractivity contribution in [2.45, 2.75) is 33.2 Å². The molecule has 1 aromatic rings. The van der Waals surface area contributed by atoms with E-state index in [1.54, 1.807) is 0 Å². The van der Waals surface area contributed by atoms with Crippen molar-refractivity contribution in [3.63, 3.8) is 0 Å². The van der Waals surface area contributed by atoms with Gasteiger partial charge in [0.2, 0.25) is 0 Å². The minimum Gasteiger partial charge on any atom is -0.335 e. The van der Waals surface area contributed by atoms with Crippen LogP contribution >= 0.6 is 11.8 Å². The number of amidine groups is 1. The van der Waals surface area contributed by atoms with Crippen LogP contribution in [-0.2, 0) is 0 Å². The average Bonchev–Trinajstić information content (AvgIpc) is 2.71. The maximum atomic E-state index is 4.65. The summed E-state index contributed by atoms with van der Waals surface area (Å²) >= 11 is 1.83. The molecule has 1 aromatic carbocycles. The number of para-hydroxylation sites is 1. The standard InChI is InChI=1S/C13H18N2S/c1-4-11-8-16-13(14-11)15-12-9(2)6-5-7-10(12)3/h5-7,11H,4,8H2,1-3H3,(H,14,15)/t11-/m1/s1. The minimum absolute atomic E-state index is 0.497. The van der Waals surface area contributed by atoms with Gasteiger partial charge >= 0.3 is 0 Å². The number of aliphatic imine (C=N–C) groups is 1. The van der Waals surface area contributed by atoms with E-state index in [1.807, 2.05) is 11.8 Å². The molecule has 1 aliphatic rings. The third-order valence-corrected chi connectivity index (χ3v) is 3.93. The zero-order chi connectivity index (χ0) is 11.5. The van der Waals surface area contributed by atoms with Crippen LogP contribution < -0.4 is 5.32 Å². The van der Waals surface area contributed by atoms with Crippen molar-refractivity contribution in [1.82, 2.24) is 0 Å². The van der Waals surface area contributed by atoms with Crippen LogP contribution in [0.2, 0.25) is 0 Å². The van der Waals surface area contributed by atoms with Gasteiger partial charge in [0.1, 0.15) is 0 Å². The molecule has 0 fully saturated rings. The van der Waals surface area contributed by atoms with E-state index in [2.05, 4.69) is 49.3 Å². The Hall–Kier alpha value is -0.960. The first-order valence-corrected chi connectivity index (χ1v) is 6.73. The van der Waals surface area contributed by atoms with Gasteiger partial charge < -0.3 is 5.32 Å². The zero-order valence-corrected chi connectivity index (χ0v) is 10.9. The smallest absolute Gasteiger partial charge is 0.161 e. The lowest BCUT2D eigenvalue weighted by atomic mass is 10.1. The van der Waals surface area contributed by atoms with Crippen molar-refractivity contribution in [3.05, 3.63) is 29.3 Å². The van der Waals surface area contributed by atoms with Gasteiger partial charge in [0.15, 0.2) is 5.17 Å². The monoisotopic (exact) mass is 234 g/mol. The van der Waals surface area contributed by atoms with E-state index < -0.39 is 0 Å². The van der Waals surface area contributed by atoms with E-state index >= 15 is 0 Å². The normalized spacial score (nSPS) is 19.7. The highest BCUT2D eigenvalue weighted by Gasteiger charge is 2.17. The fourth-order valence-electron chi connectivity index (χ4n) is 1.81. The van der Waals surface area contributed by atoms with E-state index in [4.69, 9.17) is 0 Å². The third-order valence-electron chi connectivity index (χ3n) is 2.90. The van der Waals surface area contributed by atoms with Gasteiger partial charge in [0.25, 0.3) is 0 Å². The summed E-state index contributed by atoms with van der Waals surface area (Å²) in [5.74, 6) is 1.11. The summed E-state index contributed by atoms with van der Waals surface area (Å²) in [5.41, 5.74) is 3.78. The second kappa shape index (κ2) is 4.91. The molecule has 0 saturated heterocycles. The first-order chi connectivity index (χ1) is 7.70. The molecule has 0 saturated carbocycles. The van der Waals surface area contributed by atoms with Crippen LogP contribution in [0.4, 0.5) is 5.69 Å². The Labute approximate surface area is 102 Å². The largest absolute Gasteiger partial charge is 0.335 e. The van der Waals surface area contributed by atoms with Gasteiger partial charge in [-0.1, -0.05) is 36.9 Å². The van der Waals surface area contributed by atoms with Crippen LogP contribution in [0.1, 0.15) is 24.5 Å². The third kappa shape index (κ3) is 2.40. The Balaban J connectivity index is 2.16. The number of anilines is 1. The van der Waals surface area contributed by atoms with Crippen molar-refractivity contribution in [2.75, 3.05) is 11.1 Å². The number of aryl methyl sites for hydroxylation is 2. The molecule has 0 bridgehead atoms. The SMILES string of the molecule is CC[C@@H]1CSC(Nc2c(C)cccc2C)=N1. The second-order valence-corrected chi connectivity index (χ2v) is 5.21. The molecule has 2 rings (SSSR count). The predicted molar refractivity (Wildman–Crippen MR) is 73.5 cm³/mol. The maximum Gasteiger partial charge on any atom is 0.161 e. The quantitative estimate of drug-likeness (QED) is 0.845. The van der Waals surface area contributed by atoms with Gasteiger partial charge in [0.05, 0.1) is 6.04 Å². The number of nitrogens with zero attached hydrogens (tertiary/aromatic N) is 1. The van der Waals surface area contributed by atoms with Crippen LogP contribution in [0.3, 0.4) is 0 Å². The Kier molecular flexibility index (Phi) is 3.54. The summed E-state index contributed by atoms with van der Waals surface area (Å²) in [6.45, 7) is 6.45. The summed E-state index contributed by atoms with van der Waals surface area (Å²) < 4.78 is 0. The summed E-state index contributed by atoms with van der Waals surface area (Å²) in [6.07, 6.45) is 1.13. The van der Waals surface area contributed by atoms with Crippen molar-refractivity contribution >= 4 is 22.6 Å². The molecule has 1 heterocycles. The van der Waals surface area contributed by atoms with Crippen LogP contribution in [0.5, 0.6) is 0 Å². The van der Waals surface area contributed by atoms with Gasteiger partial charge in [-0.2, -0.15) is 0 Å². The van der Waals surface area contributed by atoms with E-state index in [0.717, 1.165) is 17.3 Å². The maximum absolute atomic E-state index is 4.65. The molecule has 0 radical (unpaired) electrons. The lowest BCUT2D eigenvalue weighted by molar-refractivity contribution is 0.738. The van der Waals surface area contributed by atoms with Crippen molar-refractivity contribution in [2.24, 2.45) is 4.99 Å². The predicted octanol–water partition coefficient (Wildman–Crippen LogP) is 3.60. The zero-order valence-electron chi connectivity index (χ0n) is 10.1. The van der Waals surface area contributed by atoms with Crippen molar-refractivity contribution < 1.29 is 0 Å². The Bertz CT molecular complexity index is 392. The first-order valence-electron chi connectivity index (χ1n) is 5.74. The Morgan fingerprint density at radius 3 is 2.62 bits per heavy atom. The van der Waals surface area contributed by atoms with Crippen LogP contribution in [-0.4, -0.2) is 17.0 Å². The number of rotatable bonds is 2. The number of thioether (sulfide) groups is 1. The molecule has 2 nitrogen and oxygen atoms in total. The summed E-state index contributed by atoms with van der Waals surface area (Å²) in [4.78, 5) is 4.65. The molecular formula is C13H18N2S. The van der Waals surface area contributed by atoms with Crippen molar-refractivity contribution in [1.29, 1.82) is 0 Å². The molecule has 1 atom stereocenters. The Morgan fingerprint density at radius 2 is 2.06 bits per heavy atom. The second-order valence-electron chi connectivity index (χ2n) is 4.20. The highest BCUT2D eigenvalue weighted by atomic mass is 32.2. The van der Waals surface area contributed by atoms with E-state index in [1.165, 1.54) is 16.8 Å². The Morgan fingerprint density at radius 1 is 1.38 bits per heavy atom. The highest BCUT2D eigenvalue weighted by molar-refractivity contribution is 8.14. The van der Waals surface area contributed by atoms with Crippen LogP contribution in [0.25, 0.3) is 0 Å². The highest BCUT2D eigenvalue weighted by Crippen LogP contribution is 2.25. The first kappa shape index (κ1) is 11.5. The minimum atomic E-state index is 0.497. The van der Waals surface area contributed by atoms with Crippen LogP contribution in [0, 0.1) is 13.8 Å². The van der Waals surface area contributed by atoms with E-state index in [0.29, 0.717) is 6.04 Å². The molecule has 0 amide bonds. The molecule has 0 aromatic heterocycles. The molecule has 1 N–H and O–H groups in total. The van der Waals surface area contributed by atoms with Crippen molar-refractivity contribution in [3.8, 4) is 0 Å². The number of hydrogen-bond donors (Lipinski definition) is 1. The summed E-state index contributed by atoms with van der Waals surface area (Å²) in [7, 11) is 0. The molecule has 86 valence electrons.